The van der Waals surface area contributed by atoms with Gasteiger partial charge in [0.15, 0.2) is 11.6 Å². The third kappa shape index (κ3) is 6.20. The van der Waals surface area contributed by atoms with Crippen LogP contribution in [-0.2, 0) is 0 Å². The number of benzene rings is 2. The molecule has 5 aromatic rings. The summed E-state index contributed by atoms with van der Waals surface area (Å²) in [5.41, 5.74) is 1.65. The van der Waals surface area contributed by atoms with E-state index < -0.39 is 24.1 Å². The Morgan fingerprint density at radius 1 is 1.09 bits per heavy atom. The molecule has 0 saturated heterocycles. The van der Waals surface area contributed by atoms with E-state index in [2.05, 4.69) is 19.9 Å². The molecule has 0 spiro atoms. The van der Waals surface area contributed by atoms with Crippen molar-refractivity contribution in [3.63, 3.8) is 0 Å². The maximum absolute atomic E-state index is 15.5. The molecule has 2 atom stereocenters. The number of pyridine rings is 1. The molecule has 3 aromatic heterocycles. The van der Waals surface area contributed by atoms with Crippen molar-refractivity contribution >= 4 is 67.4 Å². The lowest BCUT2D eigenvalue weighted by atomic mass is 10.1. The average molecular weight is 649 g/mol. The normalized spacial score (nSPS) is 12.7. The Morgan fingerprint density at radius 2 is 1.84 bits per heavy atom. The molecule has 0 aliphatic rings. The summed E-state index contributed by atoms with van der Waals surface area (Å²) in [6.45, 7) is 2.97. The molecule has 43 heavy (non-hydrogen) atoms. The number of amides is 1. The van der Waals surface area contributed by atoms with Crippen LogP contribution in [0.1, 0.15) is 13.8 Å². The van der Waals surface area contributed by atoms with Gasteiger partial charge in [-0.05, 0) is 32.0 Å². The molecule has 0 unspecified atom stereocenters. The van der Waals surface area contributed by atoms with Gasteiger partial charge in [0, 0.05) is 22.0 Å². The first-order chi connectivity index (χ1) is 20.6. The number of carboxylic acid groups (broad SMARTS) is 1. The second-order valence-corrected chi connectivity index (χ2v) is 11.1. The van der Waals surface area contributed by atoms with Crippen LogP contribution in [0.15, 0.2) is 42.9 Å². The maximum Gasteiger partial charge on any atom is 0.412 e. The number of ether oxygens (including phenoxy) is 3. The van der Waals surface area contributed by atoms with E-state index in [1.54, 1.807) is 45.4 Å². The number of hydrogen-bond acceptors (Lipinski definition) is 10. The zero-order chi connectivity index (χ0) is 30.8. The summed E-state index contributed by atoms with van der Waals surface area (Å²) < 4.78 is 32.3. The quantitative estimate of drug-likeness (QED) is 0.173. The van der Waals surface area contributed by atoms with Crippen molar-refractivity contribution in [3.8, 4) is 28.1 Å². The average Bonchev–Trinajstić information content (AvgIpc) is 3.42. The molecule has 3 heterocycles. The van der Waals surface area contributed by atoms with E-state index in [1.165, 1.54) is 29.8 Å². The Labute approximate surface area is 258 Å². The van der Waals surface area contributed by atoms with Crippen molar-refractivity contribution in [1.29, 1.82) is 0 Å². The monoisotopic (exact) mass is 647 g/mol. The van der Waals surface area contributed by atoms with Crippen molar-refractivity contribution in [3.05, 3.63) is 58.7 Å². The summed E-state index contributed by atoms with van der Waals surface area (Å²) in [5.74, 6) is -0.432. The molecule has 0 bridgehead atoms. The van der Waals surface area contributed by atoms with Gasteiger partial charge in [0.2, 0.25) is 0 Å². The lowest BCUT2D eigenvalue weighted by Gasteiger charge is -2.30. The molecule has 0 saturated carbocycles. The number of anilines is 1. The second-order valence-electron chi connectivity index (χ2n) is 9.28. The number of hydrogen-bond donors (Lipinski definition) is 2. The van der Waals surface area contributed by atoms with Gasteiger partial charge >= 0.3 is 12.1 Å². The first-order valence-corrected chi connectivity index (χ1v) is 14.3. The van der Waals surface area contributed by atoms with Crippen molar-refractivity contribution < 1.29 is 33.6 Å². The van der Waals surface area contributed by atoms with Crippen molar-refractivity contribution in [1.82, 2.24) is 19.9 Å². The highest BCUT2D eigenvalue weighted by Crippen LogP contribution is 2.42. The van der Waals surface area contributed by atoms with E-state index in [-0.39, 0.29) is 41.2 Å². The minimum Gasteiger partial charge on any atom is -0.495 e. The number of aliphatic hydroxyl groups excluding tert-OH is 1. The number of thiazole rings is 1. The molecule has 11 nitrogen and oxygen atoms in total. The molecule has 0 aliphatic heterocycles. The zero-order valence-electron chi connectivity index (χ0n) is 22.9. The second kappa shape index (κ2) is 12.7. The molecule has 15 heteroatoms. The summed E-state index contributed by atoms with van der Waals surface area (Å²) in [4.78, 5) is 30.2. The molecule has 0 radical (unpaired) electrons. The Morgan fingerprint density at radius 3 is 2.51 bits per heavy atom. The van der Waals surface area contributed by atoms with Gasteiger partial charge in [-0.25, -0.2) is 24.1 Å². The van der Waals surface area contributed by atoms with E-state index in [9.17, 15) is 9.90 Å². The molecule has 1 amide bonds. The molecule has 224 valence electrons. The summed E-state index contributed by atoms with van der Waals surface area (Å²) in [6, 6.07) is 5.94. The Hall–Kier alpha value is -4.04. The largest absolute Gasteiger partial charge is 0.495 e. The topological polar surface area (TPSA) is 140 Å². The number of carbonyl (C=O) groups is 1. The third-order valence-corrected chi connectivity index (χ3v) is 8.14. The highest BCUT2D eigenvalue weighted by molar-refractivity contribution is 7.21. The Balaban J connectivity index is 1.45. The van der Waals surface area contributed by atoms with Crippen LogP contribution in [-0.4, -0.2) is 68.7 Å². The van der Waals surface area contributed by atoms with Gasteiger partial charge in [0.1, 0.15) is 34.0 Å². The van der Waals surface area contributed by atoms with Crippen LogP contribution < -0.4 is 19.1 Å². The van der Waals surface area contributed by atoms with E-state index >= 15 is 4.39 Å². The highest BCUT2D eigenvalue weighted by Gasteiger charge is 2.29. The van der Waals surface area contributed by atoms with E-state index in [0.29, 0.717) is 31.6 Å². The van der Waals surface area contributed by atoms with Gasteiger partial charge in [-0.2, -0.15) is 0 Å². The lowest BCUT2D eigenvalue weighted by molar-refractivity contribution is 0.166. The predicted octanol–water partition coefficient (Wildman–Crippen LogP) is 6.47. The van der Waals surface area contributed by atoms with Gasteiger partial charge < -0.3 is 24.4 Å². The van der Waals surface area contributed by atoms with Gasteiger partial charge in [-0.15, -0.1) is 11.3 Å². The molecule has 2 aromatic carbocycles. The SMILES string of the molecule is COc1cnc2c(-c3nc4c(Cl)c(F)c(O[C@@H](C)[C@@H](C)N(C(=O)O)c5cnc(OCCO)nc5)cc4s3)cc(Cl)cc2c1. The molecule has 5 rings (SSSR count). The summed E-state index contributed by atoms with van der Waals surface area (Å²) in [5, 5.41) is 20.3. The predicted molar refractivity (Wildman–Crippen MR) is 162 cm³/mol. The first-order valence-electron chi connectivity index (χ1n) is 12.8. The van der Waals surface area contributed by atoms with Crippen molar-refractivity contribution in [2.24, 2.45) is 0 Å². The molecule has 0 aliphatic carbocycles. The minimum atomic E-state index is -1.29. The van der Waals surface area contributed by atoms with Gasteiger partial charge in [0.25, 0.3) is 0 Å². The minimum absolute atomic E-state index is 0.00913. The summed E-state index contributed by atoms with van der Waals surface area (Å²) in [6.07, 6.45) is 1.98. The van der Waals surface area contributed by atoms with Crippen LogP contribution in [0.3, 0.4) is 0 Å². The number of aliphatic hydroxyl groups is 1. The van der Waals surface area contributed by atoms with E-state index in [1.807, 2.05) is 0 Å². The number of rotatable bonds is 10. The smallest absolute Gasteiger partial charge is 0.412 e. The fraction of sp³-hybridized carbons (Fsp3) is 0.250. The van der Waals surface area contributed by atoms with E-state index in [0.717, 1.165) is 10.3 Å². The van der Waals surface area contributed by atoms with Gasteiger partial charge in [0.05, 0.1) is 54.3 Å². The molecular formula is C28H24Cl2FN5O6S. The number of methoxy groups -OCH3 is 1. The summed E-state index contributed by atoms with van der Waals surface area (Å²) in [7, 11) is 1.54. The summed E-state index contributed by atoms with van der Waals surface area (Å²) >= 11 is 14.1. The fourth-order valence-corrected chi connectivity index (χ4v) is 5.87. The first kappa shape index (κ1) is 30.4. The van der Waals surface area contributed by atoms with Crippen LogP contribution in [0, 0.1) is 5.82 Å². The Kier molecular flexibility index (Phi) is 8.97. The van der Waals surface area contributed by atoms with Crippen LogP contribution >= 0.6 is 34.5 Å². The lowest BCUT2D eigenvalue weighted by Crippen LogP contribution is -2.46. The van der Waals surface area contributed by atoms with Gasteiger partial charge in [-0.1, -0.05) is 23.2 Å². The molecular weight excluding hydrogens is 624 g/mol. The highest BCUT2D eigenvalue weighted by atomic mass is 35.5. The molecule has 2 N–H and O–H groups in total. The number of nitrogens with zero attached hydrogens (tertiary/aromatic N) is 5. The number of halogens is 3. The maximum atomic E-state index is 15.5. The molecule has 0 fully saturated rings. The van der Waals surface area contributed by atoms with Gasteiger partial charge in [-0.3, -0.25) is 9.88 Å². The number of aromatic nitrogens is 4. The van der Waals surface area contributed by atoms with Crippen LogP contribution in [0.25, 0.3) is 31.7 Å². The van der Waals surface area contributed by atoms with E-state index in [4.69, 9.17) is 42.5 Å². The van der Waals surface area contributed by atoms with Crippen molar-refractivity contribution in [2.45, 2.75) is 26.0 Å². The fourth-order valence-electron chi connectivity index (χ4n) is 4.32. The standard InChI is InChI=1S/C28H24Cl2FN5O6S/c1-13(36(28(38)39)17-10-33-27(34-11-17)41-5-4-37)14(2)42-20-9-21-25(22(30)23(20)31)35-26(43-21)19-8-16(29)6-15-7-18(40-3)12-32-24(15)19/h6-14,37H,4-5H2,1-3H3,(H,38,39)/t13-,14+/m1/s1. The zero-order valence-corrected chi connectivity index (χ0v) is 25.2. The number of fused-ring (bicyclic) bond motifs is 2. The third-order valence-electron chi connectivity index (χ3n) is 6.54. The van der Waals surface area contributed by atoms with Crippen LogP contribution in [0.5, 0.6) is 17.5 Å². The van der Waals surface area contributed by atoms with Crippen LogP contribution in [0.4, 0.5) is 14.9 Å². The van der Waals surface area contributed by atoms with Crippen molar-refractivity contribution in [2.75, 3.05) is 25.2 Å². The van der Waals surface area contributed by atoms with Crippen LogP contribution in [0.2, 0.25) is 10.0 Å². The Bertz CT molecular complexity index is 1810.